The lowest BCUT2D eigenvalue weighted by molar-refractivity contribution is 0.0731. The van der Waals surface area contributed by atoms with Gasteiger partial charge in [-0.1, -0.05) is 36.4 Å². The predicted octanol–water partition coefficient (Wildman–Crippen LogP) is 3.47. The molecule has 2 aromatic rings. The zero-order valence-electron chi connectivity index (χ0n) is 13.5. The Morgan fingerprint density at radius 2 is 1.45 bits per heavy atom. The van der Waals surface area contributed by atoms with E-state index in [1.54, 1.807) is 0 Å². The fourth-order valence-electron chi connectivity index (χ4n) is 2.86. The van der Waals surface area contributed by atoms with Crippen molar-refractivity contribution in [2.24, 2.45) is 0 Å². The van der Waals surface area contributed by atoms with Gasteiger partial charge in [0, 0.05) is 0 Å². The van der Waals surface area contributed by atoms with Crippen LogP contribution in [0.3, 0.4) is 0 Å². The van der Waals surface area contributed by atoms with Crippen LogP contribution in [0.15, 0.2) is 60.7 Å². The number of quaternary nitrogens is 1. The number of benzene rings is 2. The largest absolute Gasteiger partial charge is 0.491 e. The van der Waals surface area contributed by atoms with Gasteiger partial charge in [0.25, 0.3) is 0 Å². The van der Waals surface area contributed by atoms with Crippen molar-refractivity contribution < 1.29 is 9.84 Å². The molecule has 2 rings (SSSR count). The molecule has 22 heavy (non-hydrogen) atoms. The second-order valence-corrected chi connectivity index (χ2v) is 5.57. The van der Waals surface area contributed by atoms with Crippen molar-refractivity contribution in [3.63, 3.8) is 0 Å². The molecular weight excluding hydrogens is 274 g/mol. The van der Waals surface area contributed by atoms with Crippen LogP contribution < -0.4 is 9.22 Å². The third kappa shape index (κ3) is 4.09. The summed E-state index contributed by atoms with van der Waals surface area (Å²) in [6.45, 7) is 7.20. The zero-order chi connectivity index (χ0) is 15.8. The Hall–Kier alpha value is -1.84. The molecule has 1 unspecified atom stereocenters. The van der Waals surface area contributed by atoms with Gasteiger partial charge in [-0.05, 0) is 38.1 Å². The van der Waals surface area contributed by atoms with Gasteiger partial charge >= 0.3 is 0 Å². The summed E-state index contributed by atoms with van der Waals surface area (Å²) in [6, 6.07) is 20.1. The molecule has 3 nitrogen and oxygen atoms in total. The normalized spacial score (nSPS) is 12.9. The molecule has 0 aliphatic rings. The van der Waals surface area contributed by atoms with Gasteiger partial charge in [-0.25, -0.2) is 0 Å². The highest BCUT2D eigenvalue weighted by Gasteiger charge is 2.29. The summed E-state index contributed by atoms with van der Waals surface area (Å²) >= 11 is 0. The maximum absolute atomic E-state index is 10.4. The van der Waals surface area contributed by atoms with E-state index in [1.165, 1.54) is 5.69 Å². The fourth-order valence-corrected chi connectivity index (χ4v) is 2.86. The molecule has 0 aromatic heterocycles. The van der Waals surface area contributed by atoms with Gasteiger partial charge in [0.1, 0.15) is 30.7 Å². The smallest absolute Gasteiger partial charge is 0.137 e. The number of hydrogen-bond acceptors (Lipinski definition) is 2. The average Bonchev–Trinajstić information content (AvgIpc) is 2.60. The Balaban J connectivity index is 2.01. The summed E-state index contributed by atoms with van der Waals surface area (Å²) in [7, 11) is 0. The lowest BCUT2D eigenvalue weighted by Crippen LogP contribution is -2.54. The van der Waals surface area contributed by atoms with Gasteiger partial charge < -0.3 is 9.84 Å². The van der Waals surface area contributed by atoms with Gasteiger partial charge in [-0.2, -0.15) is 0 Å². The zero-order valence-corrected chi connectivity index (χ0v) is 13.5. The van der Waals surface area contributed by atoms with Crippen molar-refractivity contribution in [1.82, 2.24) is 4.48 Å². The van der Waals surface area contributed by atoms with Crippen LogP contribution >= 0.6 is 0 Å². The van der Waals surface area contributed by atoms with Gasteiger partial charge in [0.2, 0.25) is 0 Å². The SMILES string of the molecule is CC[N+](CC)(CC(O)COc1ccccc1)c1ccccc1. The van der Waals surface area contributed by atoms with Crippen LogP contribution in [0.25, 0.3) is 0 Å². The molecule has 1 atom stereocenters. The van der Waals surface area contributed by atoms with Crippen molar-refractivity contribution >= 4 is 5.69 Å². The van der Waals surface area contributed by atoms with Crippen molar-refractivity contribution in [1.29, 1.82) is 0 Å². The summed E-state index contributed by atoms with van der Waals surface area (Å²) in [5.74, 6) is 0.798. The molecule has 0 radical (unpaired) electrons. The molecule has 0 bridgehead atoms. The lowest BCUT2D eigenvalue weighted by atomic mass is 10.2. The summed E-state index contributed by atoms with van der Waals surface area (Å²) in [6.07, 6.45) is -0.500. The molecule has 0 heterocycles. The maximum Gasteiger partial charge on any atom is 0.137 e. The van der Waals surface area contributed by atoms with Crippen molar-refractivity contribution in [3.05, 3.63) is 60.7 Å². The van der Waals surface area contributed by atoms with Gasteiger partial charge in [0.15, 0.2) is 0 Å². The number of ether oxygens (including phenoxy) is 1. The number of aliphatic hydroxyl groups excluding tert-OH is 1. The second-order valence-electron chi connectivity index (χ2n) is 5.57. The monoisotopic (exact) mass is 300 g/mol. The Morgan fingerprint density at radius 1 is 0.909 bits per heavy atom. The Kier molecular flexibility index (Phi) is 5.99. The third-order valence-electron chi connectivity index (χ3n) is 4.26. The Labute approximate surface area is 133 Å². The number of para-hydroxylation sites is 2. The van der Waals surface area contributed by atoms with Crippen molar-refractivity contribution in [3.8, 4) is 5.75 Å². The van der Waals surface area contributed by atoms with Gasteiger partial charge in [-0.3, -0.25) is 4.48 Å². The van der Waals surface area contributed by atoms with Gasteiger partial charge in [-0.15, -0.1) is 0 Å². The molecule has 1 N–H and O–H groups in total. The molecule has 0 saturated heterocycles. The lowest BCUT2D eigenvalue weighted by Gasteiger charge is -2.37. The highest BCUT2D eigenvalue weighted by atomic mass is 16.5. The number of nitrogens with zero attached hydrogens (tertiary/aromatic N) is 1. The molecule has 0 amide bonds. The van der Waals surface area contributed by atoms with Gasteiger partial charge in [0.05, 0.1) is 13.1 Å². The van der Waals surface area contributed by atoms with Crippen LogP contribution in [-0.2, 0) is 0 Å². The average molecular weight is 300 g/mol. The highest BCUT2D eigenvalue weighted by molar-refractivity contribution is 5.42. The third-order valence-corrected chi connectivity index (χ3v) is 4.26. The topological polar surface area (TPSA) is 29.5 Å². The van der Waals surface area contributed by atoms with E-state index in [-0.39, 0.29) is 0 Å². The molecule has 2 aromatic carbocycles. The maximum atomic E-state index is 10.4. The fraction of sp³-hybridized carbons (Fsp3) is 0.368. The summed E-state index contributed by atoms with van der Waals surface area (Å²) in [5.41, 5.74) is 1.24. The Bertz CT molecular complexity index is 538. The predicted molar refractivity (Wildman–Crippen MR) is 92.1 cm³/mol. The standard InChI is InChI=1S/C19H26NO2/c1-3-20(4-2,17-11-7-5-8-12-17)15-18(21)16-22-19-13-9-6-10-14-19/h5-14,18,21H,3-4,15-16H2,1-2H3/q+1. The molecule has 118 valence electrons. The van der Waals surface area contributed by atoms with Crippen LogP contribution in [0.4, 0.5) is 5.69 Å². The first-order chi connectivity index (χ1) is 10.7. The van der Waals surface area contributed by atoms with E-state index in [0.29, 0.717) is 13.2 Å². The van der Waals surface area contributed by atoms with E-state index in [4.69, 9.17) is 4.74 Å². The van der Waals surface area contributed by atoms with E-state index in [0.717, 1.165) is 23.3 Å². The van der Waals surface area contributed by atoms with Crippen molar-refractivity contribution in [2.75, 3.05) is 26.2 Å². The van der Waals surface area contributed by atoms with Crippen LogP contribution in [-0.4, -0.2) is 37.5 Å². The van der Waals surface area contributed by atoms with Crippen LogP contribution in [0.2, 0.25) is 0 Å². The minimum atomic E-state index is -0.500. The highest BCUT2D eigenvalue weighted by Crippen LogP contribution is 2.23. The first-order valence-corrected chi connectivity index (χ1v) is 7.98. The van der Waals surface area contributed by atoms with E-state index in [1.807, 2.05) is 36.4 Å². The molecule has 0 aliphatic carbocycles. The van der Waals surface area contributed by atoms with Crippen LogP contribution in [0, 0.1) is 0 Å². The van der Waals surface area contributed by atoms with Crippen LogP contribution in [0.1, 0.15) is 13.8 Å². The summed E-state index contributed by atoms with van der Waals surface area (Å²) in [5, 5.41) is 10.4. The molecule has 3 heteroatoms. The first kappa shape index (κ1) is 16.5. The number of likely N-dealkylation sites (N-methyl/N-ethyl adjacent to an activating group) is 1. The summed E-state index contributed by atoms with van der Waals surface area (Å²) in [4.78, 5) is 0. The molecule has 0 spiro atoms. The van der Waals surface area contributed by atoms with E-state index in [9.17, 15) is 5.11 Å². The van der Waals surface area contributed by atoms with Crippen molar-refractivity contribution in [2.45, 2.75) is 20.0 Å². The molecule has 0 fully saturated rings. The minimum absolute atomic E-state index is 0.316. The van der Waals surface area contributed by atoms with Crippen LogP contribution in [0.5, 0.6) is 5.75 Å². The number of rotatable bonds is 8. The Morgan fingerprint density at radius 3 is 2.00 bits per heavy atom. The molecular formula is C19H26NO2+. The molecule has 0 saturated carbocycles. The minimum Gasteiger partial charge on any atom is -0.491 e. The van der Waals surface area contributed by atoms with E-state index >= 15 is 0 Å². The van der Waals surface area contributed by atoms with E-state index in [2.05, 4.69) is 38.1 Å². The number of hydrogen-bond donors (Lipinski definition) is 1. The quantitative estimate of drug-likeness (QED) is 0.756. The number of aliphatic hydroxyl groups is 1. The summed E-state index contributed by atoms with van der Waals surface area (Å²) < 4.78 is 6.44. The first-order valence-electron chi connectivity index (χ1n) is 7.98. The second kappa shape index (κ2) is 7.97. The molecule has 0 aliphatic heterocycles. The van der Waals surface area contributed by atoms with E-state index < -0.39 is 6.10 Å².